The van der Waals surface area contributed by atoms with E-state index < -0.39 is 23.6 Å². The van der Waals surface area contributed by atoms with Crippen LogP contribution in [0.2, 0.25) is 0 Å². The maximum atomic E-state index is 13.0. The van der Waals surface area contributed by atoms with E-state index in [1.54, 1.807) is 33.1 Å². The van der Waals surface area contributed by atoms with E-state index in [0.717, 1.165) is 27.6 Å². The standard InChI is InChI=1S/C32H33N5O4/c1-32(2,3)41-31(39)35-28(22-40-21-23-11-5-4-6-12-23)30(38)36-34-18-26-20-37(29-16-10-9-15-27(26)29)19-25-14-8-7-13-24(25)17-33/h4-16,18,20,28H,19,21-22H2,1-3H3,(H,35,39)(H,36,38)/b34-18-/t28-/m0/s1. The van der Waals surface area contributed by atoms with E-state index in [4.69, 9.17) is 9.47 Å². The van der Waals surface area contributed by atoms with Crippen LogP contribution < -0.4 is 10.7 Å². The van der Waals surface area contributed by atoms with E-state index in [9.17, 15) is 14.9 Å². The van der Waals surface area contributed by atoms with Gasteiger partial charge >= 0.3 is 6.09 Å². The smallest absolute Gasteiger partial charge is 0.408 e. The number of nitriles is 1. The summed E-state index contributed by atoms with van der Waals surface area (Å²) in [4.78, 5) is 25.5. The summed E-state index contributed by atoms with van der Waals surface area (Å²) in [5.74, 6) is -0.549. The average Bonchev–Trinajstić information content (AvgIpc) is 3.29. The fraction of sp³-hybridized carbons (Fsp3) is 0.250. The van der Waals surface area contributed by atoms with Crippen LogP contribution in [0.4, 0.5) is 4.79 Å². The maximum absolute atomic E-state index is 13.0. The molecular weight excluding hydrogens is 518 g/mol. The van der Waals surface area contributed by atoms with Gasteiger partial charge in [0.25, 0.3) is 5.91 Å². The molecule has 2 N–H and O–H groups in total. The second-order valence-electron chi connectivity index (χ2n) is 10.4. The first kappa shape index (κ1) is 29.1. The van der Waals surface area contributed by atoms with Gasteiger partial charge in [-0.3, -0.25) is 4.79 Å². The topological polar surface area (TPSA) is 118 Å². The molecule has 41 heavy (non-hydrogen) atoms. The average molecular weight is 552 g/mol. The second-order valence-corrected chi connectivity index (χ2v) is 10.4. The number of ether oxygens (including phenoxy) is 2. The Labute approximate surface area is 239 Å². The molecule has 1 heterocycles. The molecule has 0 aliphatic rings. The van der Waals surface area contributed by atoms with Crippen molar-refractivity contribution in [3.63, 3.8) is 0 Å². The van der Waals surface area contributed by atoms with Crippen LogP contribution >= 0.6 is 0 Å². The molecule has 0 spiro atoms. The van der Waals surface area contributed by atoms with Gasteiger partial charge in [0, 0.05) is 29.2 Å². The van der Waals surface area contributed by atoms with Crippen LogP contribution in [0.1, 0.15) is 43.0 Å². The van der Waals surface area contributed by atoms with Crippen LogP contribution in [0, 0.1) is 11.3 Å². The lowest BCUT2D eigenvalue weighted by Gasteiger charge is -2.22. The van der Waals surface area contributed by atoms with Gasteiger partial charge in [0.15, 0.2) is 0 Å². The molecular formula is C32H33N5O4. The maximum Gasteiger partial charge on any atom is 0.408 e. The number of carbonyl (C=O) groups excluding carboxylic acids is 2. The SMILES string of the molecule is CC(C)(C)OC(=O)N[C@@H](COCc1ccccc1)C(=O)N/N=C\c1cn(Cc2ccccc2C#N)c2ccccc12. The highest BCUT2D eigenvalue weighted by molar-refractivity contribution is 6.00. The van der Waals surface area contributed by atoms with Gasteiger partial charge in [0.2, 0.25) is 0 Å². The molecule has 9 heteroatoms. The van der Waals surface area contributed by atoms with Crippen molar-refractivity contribution >= 4 is 29.1 Å². The molecule has 3 aromatic carbocycles. The van der Waals surface area contributed by atoms with E-state index in [0.29, 0.717) is 12.1 Å². The van der Waals surface area contributed by atoms with Crippen molar-refractivity contribution in [3.05, 3.63) is 107 Å². The summed E-state index contributed by atoms with van der Waals surface area (Å²) in [6, 6.07) is 26.0. The molecule has 0 saturated heterocycles. The number of carbonyl (C=O) groups is 2. The lowest BCUT2D eigenvalue weighted by molar-refractivity contribution is -0.124. The molecule has 4 aromatic rings. The predicted octanol–water partition coefficient (Wildman–Crippen LogP) is 5.12. The second kappa shape index (κ2) is 13.4. The van der Waals surface area contributed by atoms with E-state index in [1.807, 2.05) is 83.6 Å². The van der Waals surface area contributed by atoms with Crippen molar-refractivity contribution in [3.8, 4) is 6.07 Å². The Bertz CT molecular complexity index is 1560. The Hall–Kier alpha value is -4.94. The summed E-state index contributed by atoms with van der Waals surface area (Å²) in [7, 11) is 0. The van der Waals surface area contributed by atoms with Crippen LogP contribution in [-0.2, 0) is 27.4 Å². The molecule has 0 saturated carbocycles. The van der Waals surface area contributed by atoms with Crippen molar-refractivity contribution in [2.45, 2.75) is 45.6 Å². The quantitative estimate of drug-likeness (QED) is 0.210. The third kappa shape index (κ3) is 8.27. The van der Waals surface area contributed by atoms with Crippen molar-refractivity contribution in [2.24, 2.45) is 5.10 Å². The molecule has 9 nitrogen and oxygen atoms in total. The van der Waals surface area contributed by atoms with Gasteiger partial charge in [0.1, 0.15) is 11.6 Å². The summed E-state index contributed by atoms with van der Waals surface area (Å²) in [6.45, 7) is 5.93. The Morgan fingerprint density at radius 2 is 1.73 bits per heavy atom. The van der Waals surface area contributed by atoms with E-state index >= 15 is 0 Å². The first-order chi connectivity index (χ1) is 19.7. The Balaban J connectivity index is 1.47. The number of hydrogen-bond donors (Lipinski definition) is 2. The Morgan fingerprint density at radius 3 is 2.49 bits per heavy atom. The third-order valence-corrected chi connectivity index (χ3v) is 6.08. The van der Waals surface area contributed by atoms with Crippen LogP contribution in [0.25, 0.3) is 10.9 Å². The lowest BCUT2D eigenvalue weighted by Crippen LogP contribution is -2.49. The number of hydrogen-bond acceptors (Lipinski definition) is 6. The van der Waals surface area contributed by atoms with Gasteiger partial charge in [-0.25, -0.2) is 10.2 Å². The summed E-state index contributed by atoms with van der Waals surface area (Å²) < 4.78 is 13.1. The minimum absolute atomic E-state index is 0.0763. The van der Waals surface area contributed by atoms with E-state index in [2.05, 4.69) is 21.9 Å². The van der Waals surface area contributed by atoms with Crippen molar-refractivity contribution in [2.75, 3.05) is 6.61 Å². The van der Waals surface area contributed by atoms with E-state index in [1.165, 1.54) is 0 Å². The number of para-hydroxylation sites is 1. The number of alkyl carbamates (subject to hydrolysis) is 1. The molecule has 0 bridgehead atoms. The largest absolute Gasteiger partial charge is 0.444 e. The minimum atomic E-state index is -1.03. The predicted molar refractivity (Wildman–Crippen MR) is 157 cm³/mol. The number of rotatable bonds is 10. The van der Waals surface area contributed by atoms with Gasteiger partial charge in [-0.05, 0) is 44.0 Å². The summed E-state index contributed by atoms with van der Waals surface area (Å²) >= 11 is 0. The highest BCUT2D eigenvalue weighted by Crippen LogP contribution is 2.22. The molecule has 0 aliphatic carbocycles. The van der Waals surface area contributed by atoms with Gasteiger partial charge in [-0.15, -0.1) is 0 Å². The van der Waals surface area contributed by atoms with Crippen LogP contribution in [0.3, 0.4) is 0 Å². The molecule has 1 aromatic heterocycles. The van der Waals surface area contributed by atoms with Crippen LogP contribution in [0.5, 0.6) is 0 Å². The van der Waals surface area contributed by atoms with Gasteiger partial charge in [-0.1, -0.05) is 66.7 Å². The monoisotopic (exact) mass is 551 g/mol. The summed E-state index contributed by atoms with van der Waals surface area (Å²) in [5, 5.41) is 17.2. The Morgan fingerprint density at radius 1 is 1.02 bits per heavy atom. The van der Waals surface area contributed by atoms with Crippen molar-refractivity contribution in [1.29, 1.82) is 5.26 Å². The molecule has 2 amide bonds. The first-order valence-corrected chi connectivity index (χ1v) is 13.2. The van der Waals surface area contributed by atoms with Crippen molar-refractivity contribution in [1.82, 2.24) is 15.3 Å². The summed E-state index contributed by atoms with van der Waals surface area (Å²) in [6.07, 6.45) is 2.75. The number of amides is 2. The Kier molecular flexibility index (Phi) is 9.51. The molecule has 0 fully saturated rings. The zero-order valence-electron chi connectivity index (χ0n) is 23.3. The number of fused-ring (bicyclic) bond motifs is 1. The van der Waals surface area contributed by atoms with Gasteiger partial charge in [-0.2, -0.15) is 10.4 Å². The lowest BCUT2D eigenvalue weighted by atomic mass is 10.1. The highest BCUT2D eigenvalue weighted by atomic mass is 16.6. The normalized spacial score (nSPS) is 12.1. The molecule has 0 aliphatic heterocycles. The molecule has 4 rings (SSSR count). The molecule has 0 radical (unpaired) electrons. The van der Waals surface area contributed by atoms with Crippen LogP contribution in [-0.4, -0.2) is 41.0 Å². The van der Waals surface area contributed by atoms with E-state index in [-0.39, 0.29) is 13.2 Å². The number of benzene rings is 3. The third-order valence-electron chi connectivity index (χ3n) is 6.08. The number of aromatic nitrogens is 1. The molecule has 210 valence electrons. The first-order valence-electron chi connectivity index (χ1n) is 13.2. The zero-order chi connectivity index (χ0) is 29.2. The van der Waals surface area contributed by atoms with Gasteiger partial charge in [0.05, 0.1) is 31.1 Å². The number of nitrogens with zero attached hydrogens (tertiary/aromatic N) is 3. The summed E-state index contributed by atoms with van der Waals surface area (Å²) in [5.41, 5.74) is 6.00. The molecule has 0 unspecified atom stereocenters. The number of hydrazone groups is 1. The fourth-order valence-corrected chi connectivity index (χ4v) is 4.20. The van der Waals surface area contributed by atoms with Gasteiger partial charge < -0.3 is 19.4 Å². The zero-order valence-corrected chi connectivity index (χ0v) is 23.3. The molecule has 1 atom stereocenters. The fourth-order valence-electron chi connectivity index (χ4n) is 4.20. The number of nitrogens with one attached hydrogen (secondary N) is 2. The van der Waals surface area contributed by atoms with Crippen LogP contribution in [0.15, 0.2) is 90.2 Å². The van der Waals surface area contributed by atoms with Crippen molar-refractivity contribution < 1.29 is 19.1 Å². The highest BCUT2D eigenvalue weighted by Gasteiger charge is 2.24. The minimum Gasteiger partial charge on any atom is -0.444 e.